The number of carbonyl (C=O) groups is 2. The zero-order valence-corrected chi connectivity index (χ0v) is 15.2. The molecule has 2 atom stereocenters. The Labute approximate surface area is 155 Å². The minimum absolute atomic E-state index is 0.0193. The Balaban J connectivity index is 1.45. The lowest BCUT2D eigenvalue weighted by Gasteiger charge is -2.25. The summed E-state index contributed by atoms with van der Waals surface area (Å²) in [5, 5.41) is 3.46. The molecule has 0 saturated carbocycles. The Hall–Kier alpha value is -2.73. The molecule has 0 unspecified atom stereocenters. The number of hydrogen-bond acceptors (Lipinski definition) is 4. The second-order valence-corrected chi connectivity index (χ2v) is 7.54. The Bertz CT molecular complexity index is 921. The first-order valence-electron chi connectivity index (χ1n) is 8.62. The fourth-order valence-corrected chi connectivity index (χ4v) is 4.19. The van der Waals surface area contributed by atoms with Gasteiger partial charge in [-0.2, -0.15) is 0 Å². The molecule has 0 radical (unpaired) electrons. The second kappa shape index (κ2) is 6.88. The average Bonchev–Trinajstić information content (AvgIpc) is 3.24. The molecule has 1 N–H and O–H groups in total. The summed E-state index contributed by atoms with van der Waals surface area (Å²) in [7, 11) is 0. The molecule has 5 nitrogen and oxygen atoms in total. The smallest absolute Gasteiger partial charge is 0.231 e. The number of para-hydroxylation sites is 1. The molecule has 2 heterocycles. The molecular weight excluding hydrogens is 346 g/mol. The highest BCUT2D eigenvalue weighted by Crippen LogP contribution is 2.30. The number of amides is 2. The van der Waals surface area contributed by atoms with Crippen LogP contribution >= 0.6 is 11.3 Å². The van der Waals surface area contributed by atoms with Crippen molar-refractivity contribution in [1.82, 2.24) is 9.88 Å². The van der Waals surface area contributed by atoms with Crippen LogP contribution in [0.4, 0.5) is 5.13 Å². The molecule has 26 heavy (non-hydrogen) atoms. The van der Waals surface area contributed by atoms with Gasteiger partial charge in [-0.05, 0) is 24.6 Å². The first kappa shape index (κ1) is 16.7. The van der Waals surface area contributed by atoms with Crippen molar-refractivity contribution in [3.63, 3.8) is 0 Å². The highest BCUT2D eigenvalue weighted by atomic mass is 32.1. The fraction of sp³-hybridized carbons (Fsp3) is 0.250. The number of fused-ring (bicyclic) bond motifs is 1. The van der Waals surface area contributed by atoms with E-state index in [-0.39, 0.29) is 30.2 Å². The Kier molecular flexibility index (Phi) is 4.42. The van der Waals surface area contributed by atoms with E-state index in [4.69, 9.17) is 0 Å². The maximum absolute atomic E-state index is 12.6. The van der Waals surface area contributed by atoms with Crippen molar-refractivity contribution in [2.24, 2.45) is 5.92 Å². The van der Waals surface area contributed by atoms with Gasteiger partial charge in [0.1, 0.15) is 0 Å². The number of hydrogen-bond donors (Lipinski definition) is 1. The minimum atomic E-state index is -0.347. The number of benzene rings is 2. The van der Waals surface area contributed by atoms with Gasteiger partial charge in [-0.25, -0.2) is 4.98 Å². The normalized spacial score (nSPS) is 18.3. The largest absolute Gasteiger partial charge is 0.335 e. The first-order chi connectivity index (χ1) is 12.6. The molecule has 2 aromatic carbocycles. The van der Waals surface area contributed by atoms with Crippen LogP contribution in [-0.2, 0) is 9.59 Å². The molecule has 4 rings (SSSR count). The number of anilines is 1. The zero-order chi connectivity index (χ0) is 18.1. The van der Waals surface area contributed by atoms with Crippen LogP contribution in [0.1, 0.15) is 24.9 Å². The summed E-state index contributed by atoms with van der Waals surface area (Å²) in [6.45, 7) is 2.44. The van der Waals surface area contributed by atoms with Crippen molar-refractivity contribution >= 4 is 38.5 Å². The van der Waals surface area contributed by atoms with Crippen LogP contribution in [-0.4, -0.2) is 28.2 Å². The van der Waals surface area contributed by atoms with Gasteiger partial charge in [-0.1, -0.05) is 53.8 Å². The quantitative estimate of drug-likeness (QED) is 0.764. The number of rotatable bonds is 4. The molecule has 1 aliphatic rings. The highest BCUT2D eigenvalue weighted by molar-refractivity contribution is 7.22. The van der Waals surface area contributed by atoms with Gasteiger partial charge in [-0.3, -0.25) is 9.59 Å². The number of likely N-dealkylation sites (tertiary alicyclic amines) is 1. The van der Waals surface area contributed by atoms with Crippen LogP contribution in [0.5, 0.6) is 0 Å². The predicted molar refractivity (Wildman–Crippen MR) is 103 cm³/mol. The van der Waals surface area contributed by atoms with Crippen LogP contribution < -0.4 is 5.32 Å². The van der Waals surface area contributed by atoms with E-state index in [2.05, 4.69) is 10.3 Å². The van der Waals surface area contributed by atoms with Gasteiger partial charge < -0.3 is 10.2 Å². The average molecular weight is 365 g/mol. The third-order valence-electron chi connectivity index (χ3n) is 4.80. The van der Waals surface area contributed by atoms with Crippen molar-refractivity contribution in [3.8, 4) is 0 Å². The second-order valence-electron chi connectivity index (χ2n) is 6.51. The van der Waals surface area contributed by atoms with Crippen LogP contribution in [0.3, 0.4) is 0 Å². The Morgan fingerprint density at radius 2 is 1.92 bits per heavy atom. The number of aromatic nitrogens is 1. The lowest BCUT2D eigenvalue weighted by molar-refractivity contribution is -0.129. The maximum Gasteiger partial charge on any atom is 0.231 e. The van der Waals surface area contributed by atoms with Gasteiger partial charge in [0.15, 0.2) is 5.13 Å². The number of nitrogens with zero attached hydrogens (tertiary/aromatic N) is 2. The summed E-state index contributed by atoms with van der Waals surface area (Å²) in [5.74, 6) is -0.466. The van der Waals surface area contributed by atoms with Crippen molar-refractivity contribution in [1.29, 1.82) is 0 Å². The standard InChI is InChI=1S/C20H19N3O2S/c1-13(14-7-3-2-4-8-14)23-12-15(11-18(23)24)19(25)22-20-21-16-9-5-6-10-17(16)26-20/h2-10,13,15H,11-12H2,1H3,(H,21,22,25)/t13-,15-/m1/s1. The van der Waals surface area contributed by atoms with Crippen molar-refractivity contribution in [2.45, 2.75) is 19.4 Å². The van der Waals surface area contributed by atoms with Crippen LogP contribution in [0.15, 0.2) is 54.6 Å². The molecule has 1 fully saturated rings. The zero-order valence-electron chi connectivity index (χ0n) is 14.4. The third-order valence-corrected chi connectivity index (χ3v) is 5.75. The van der Waals surface area contributed by atoms with Crippen molar-refractivity contribution < 1.29 is 9.59 Å². The predicted octanol–water partition coefficient (Wildman–Crippen LogP) is 3.84. The molecule has 0 spiro atoms. The van der Waals surface area contributed by atoms with E-state index >= 15 is 0 Å². The van der Waals surface area contributed by atoms with Crippen molar-refractivity contribution in [3.05, 3.63) is 60.2 Å². The van der Waals surface area contributed by atoms with Crippen LogP contribution in [0, 0.1) is 5.92 Å². The minimum Gasteiger partial charge on any atom is -0.335 e. The van der Waals surface area contributed by atoms with E-state index in [0.29, 0.717) is 11.7 Å². The van der Waals surface area contributed by atoms with E-state index in [0.717, 1.165) is 15.8 Å². The SMILES string of the molecule is C[C@H](c1ccccc1)N1C[C@H](C(=O)Nc2nc3ccccc3s2)CC1=O. The summed E-state index contributed by atoms with van der Waals surface area (Å²) < 4.78 is 1.03. The maximum atomic E-state index is 12.6. The molecule has 1 aliphatic heterocycles. The number of nitrogens with one attached hydrogen (secondary N) is 1. The fourth-order valence-electron chi connectivity index (χ4n) is 3.33. The van der Waals surface area contributed by atoms with E-state index in [1.165, 1.54) is 11.3 Å². The van der Waals surface area contributed by atoms with E-state index in [9.17, 15) is 9.59 Å². The molecule has 0 bridgehead atoms. The van der Waals surface area contributed by atoms with Gasteiger partial charge in [0.25, 0.3) is 0 Å². The molecule has 6 heteroatoms. The summed E-state index contributed by atoms with van der Waals surface area (Å²) in [5.41, 5.74) is 1.95. The molecule has 132 valence electrons. The molecule has 3 aromatic rings. The number of carbonyl (C=O) groups excluding carboxylic acids is 2. The summed E-state index contributed by atoms with van der Waals surface area (Å²) in [4.78, 5) is 31.3. The van der Waals surface area contributed by atoms with Crippen LogP contribution in [0.2, 0.25) is 0 Å². The van der Waals surface area contributed by atoms with Crippen molar-refractivity contribution in [2.75, 3.05) is 11.9 Å². The Morgan fingerprint density at radius 3 is 2.69 bits per heavy atom. The monoisotopic (exact) mass is 365 g/mol. The summed E-state index contributed by atoms with van der Waals surface area (Å²) in [6, 6.07) is 17.6. The highest BCUT2D eigenvalue weighted by Gasteiger charge is 2.37. The van der Waals surface area contributed by atoms with Gasteiger partial charge in [0, 0.05) is 13.0 Å². The van der Waals surface area contributed by atoms with E-state index in [1.807, 2.05) is 61.5 Å². The molecule has 1 aromatic heterocycles. The van der Waals surface area contributed by atoms with Gasteiger partial charge >= 0.3 is 0 Å². The molecular formula is C20H19N3O2S. The molecule has 2 amide bonds. The topological polar surface area (TPSA) is 62.3 Å². The lowest BCUT2D eigenvalue weighted by Crippen LogP contribution is -2.30. The molecule has 1 saturated heterocycles. The van der Waals surface area contributed by atoms with Gasteiger partial charge in [-0.15, -0.1) is 0 Å². The summed E-state index contributed by atoms with van der Waals surface area (Å²) in [6.07, 6.45) is 0.244. The molecule has 0 aliphatic carbocycles. The van der Waals surface area contributed by atoms with Gasteiger partial charge in [0.05, 0.1) is 22.2 Å². The summed E-state index contributed by atoms with van der Waals surface area (Å²) >= 11 is 1.45. The van der Waals surface area contributed by atoms with Gasteiger partial charge in [0.2, 0.25) is 11.8 Å². The van der Waals surface area contributed by atoms with Crippen LogP contribution in [0.25, 0.3) is 10.2 Å². The van der Waals surface area contributed by atoms with E-state index < -0.39 is 0 Å². The third kappa shape index (κ3) is 3.20. The number of thiazole rings is 1. The first-order valence-corrected chi connectivity index (χ1v) is 9.44. The van der Waals surface area contributed by atoms with E-state index in [1.54, 1.807) is 4.90 Å². The lowest BCUT2D eigenvalue weighted by atomic mass is 10.1. The Morgan fingerprint density at radius 1 is 1.19 bits per heavy atom.